The van der Waals surface area contributed by atoms with Crippen LogP contribution >= 0.6 is 11.3 Å². The van der Waals surface area contributed by atoms with E-state index in [9.17, 15) is 5.11 Å². The predicted octanol–water partition coefficient (Wildman–Crippen LogP) is 2.76. The third-order valence-electron chi connectivity index (χ3n) is 3.39. The predicted molar refractivity (Wildman–Crippen MR) is 85.1 cm³/mol. The fourth-order valence-corrected chi connectivity index (χ4v) is 2.90. The zero-order valence-corrected chi connectivity index (χ0v) is 13.4. The Morgan fingerprint density at radius 3 is 2.57 bits per heavy atom. The Bertz CT molecular complexity index is 567. The van der Waals surface area contributed by atoms with Crippen LogP contribution in [0.3, 0.4) is 0 Å². The number of hydrogen-bond acceptors (Lipinski definition) is 5. The first-order valence-electron chi connectivity index (χ1n) is 6.73. The van der Waals surface area contributed by atoms with E-state index in [2.05, 4.69) is 5.32 Å². The summed E-state index contributed by atoms with van der Waals surface area (Å²) in [5.41, 5.74) is 1.15. The first-order chi connectivity index (χ1) is 10.1. The molecule has 0 aliphatic heterocycles. The van der Waals surface area contributed by atoms with E-state index in [4.69, 9.17) is 9.47 Å². The lowest BCUT2D eigenvalue weighted by Gasteiger charge is -2.23. The van der Waals surface area contributed by atoms with Crippen molar-refractivity contribution in [1.29, 1.82) is 0 Å². The average molecular weight is 307 g/mol. The molecule has 1 unspecified atom stereocenters. The molecule has 0 fully saturated rings. The van der Waals surface area contributed by atoms with Gasteiger partial charge in [0.15, 0.2) is 11.5 Å². The van der Waals surface area contributed by atoms with Crippen molar-refractivity contribution in [3.8, 4) is 11.5 Å². The maximum absolute atomic E-state index is 10.4. The zero-order valence-electron chi connectivity index (χ0n) is 12.6. The van der Waals surface area contributed by atoms with E-state index in [0.717, 1.165) is 11.1 Å². The Kier molecular flexibility index (Phi) is 5.22. The second-order valence-electron chi connectivity index (χ2n) is 5.08. The van der Waals surface area contributed by atoms with Crippen LogP contribution in [-0.2, 0) is 12.1 Å². The highest BCUT2D eigenvalue weighted by atomic mass is 32.1. The minimum absolute atomic E-state index is 0.484. The monoisotopic (exact) mass is 307 g/mol. The van der Waals surface area contributed by atoms with Crippen molar-refractivity contribution < 1.29 is 14.6 Å². The lowest BCUT2D eigenvalue weighted by Crippen LogP contribution is -2.34. The molecule has 0 spiro atoms. The Balaban J connectivity index is 1.94. The van der Waals surface area contributed by atoms with Crippen LogP contribution in [0.25, 0.3) is 0 Å². The van der Waals surface area contributed by atoms with Crippen LogP contribution in [0.5, 0.6) is 11.5 Å². The summed E-state index contributed by atoms with van der Waals surface area (Å²) in [6, 6.07) is 7.74. The van der Waals surface area contributed by atoms with E-state index in [0.29, 0.717) is 24.6 Å². The van der Waals surface area contributed by atoms with Gasteiger partial charge in [0.1, 0.15) is 0 Å². The van der Waals surface area contributed by atoms with Gasteiger partial charge in [-0.15, -0.1) is 0 Å². The molecule has 0 amide bonds. The van der Waals surface area contributed by atoms with Crippen molar-refractivity contribution in [2.75, 3.05) is 20.8 Å². The number of aliphatic hydroxyl groups is 1. The molecule has 0 radical (unpaired) electrons. The van der Waals surface area contributed by atoms with Gasteiger partial charge in [-0.25, -0.2) is 0 Å². The molecule has 1 heterocycles. The van der Waals surface area contributed by atoms with Crippen LogP contribution in [0, 0.1) is 0 Å². The summed E-state index contributed by atoms with van der Waals surface area (Å²) in [5, 5.41) is 17.7. The molecule has 0 saturated heterocycles. The number of benzene rings is 1. The van der Waals surface area contributed by atoms with E-state index in [1.807, 2.05) is 41.9 Å². The second kappa shape index (κ2) is 6.93. The van der Waals surface area contributed by atoms with Crippen molar-refractivity contribution in [2.24, 2.45) is 0 Å². The minimum atomic E-state index is -0.865. The molecule has 4 nitrogen and oxygen atoms in total. The van der Waals surface area contributed by atoms with Gasteiger partial charge < -0.3 is 19.9 Å². The SMILES string of the molecule is COc1ccc(CNCC(C)(O)c2ccsc2)cc1OC. The molecule has 0 bridgehead atoms. The van der Waals surface area contributed by atoms with Gasteiger partial charge >= 0.3 is 0 Å². The van der Waals surface area contributed by atoms with Crippen LogP contribution in [0.1, 0.15) is 18.1 Å². The van der Waals surface area contributed by atoms with Crippen LogP contribution in [0.4, 0.5) is 0 Å². The molecule has 0 saturated carbocycles. The molecule has 1 atom stereocenters. The molecular formula is C16H21NO3S. The van der Waals surface area contributed by atoms with Crippen molar-refractivity contribution in [3.63, 3.8) is 0 Å². The Labute approximate surface area is 129 Å². The molecule has 1 aromatic heterocycles. The summed E-state index contributed by atoms with van der Waals surface area (Å²) in [4.78, 5) is 0. The average Bonchev–Trinajstić information content (AvgIpc) is 3.02. The van der Waals surface area contributed by atoms with E-state index < -0.39 is 5.60 Å². The van der Waals surface area contributed by atoms with Crippen LogP contribution in [-0.4, -0.2) is 25.9 Å². The smallest absolute Gasteiger partial charge is 0.161 e. The van der Waals surface area contributed by atoms with Gasteiger partial charge in [0.2, 0.25) is 0 Å². The third kappa shape index (κ3) is 3.97. The maximum atomic E-state index is 10.4. The number of methoxy groups -OCH3 is 2. The summed E-state index contributed by atoms with van der Waals surface area (Å²) in [6.07, 6.45) is 0. The fourth-order valence-electron chi connectivity index (χ4n) is 2.11. The molecule has 5 heteroatoms. The van der Waals surface area contributed by atoms with Crippen molar-refractivity contribution in [2.45, 2.75) is 19.1 Å². The Hall–Kier alpha value is -1.56. The molecule has 2 aromatic rings. The minimum Gasteiger partial charge on any atom is -0.493 e. The van der Waals surface area contributed by atoms with E-state index in [1.54, 1.807) is 25.6 Å². The van der Waals surface area contributed by atoms with Gasteiger partial charge in [-0.05, 0) is 47.0 Å². The molecule has 21 heavy (non-hydrogen) atoms. The number of thiophene rings is 1. The quantitative estimate of drug-likeness (QED) is 0.826. The van der Waals surface area contributed by atoms with E-state index >= 15 is 0 Å². The second-order valence-corrected chi connectivity index (χ2v) is 5.86. The molecule has 0 aliphatic carbocycles. The van der Waals surface area contributed by atoms with Crippen LogP contribution < -0.4 is 14.8 Å². The van der Waals surface area contributed by atoms with Crippen LogP contribution in [0.15, 0.2) is 35.0 Å². The Morgan fingerprint density at radius 2 is 1.95 bits per heavy atom. The van der Waals surface area contributed by atoms with Crippen molar-refractivity contribution >= 4 is 11.3 Å². The highest BCUT2D eigenvalue weighted by Crippen LogP contribution is 2.27. The lowest BCUT2D eigenvalue weighted by molar-refractivity contribution is 0.0571. The summed E-state index contributed by atoms with van der Waals surface area (Å²) < 4.78 is 10.5. The summed E-state index contributed by atoms with van der Waals surface area (Å²) >= 11 is 1.59. The number of hydrogen-bond donors (Lipinski definition) is 2. The standard InChI is InChI=1S/C16H21NO3S/c1-16(18,13-6-7-21-10-13)11-17-9-12-4-5-14(19-2)15(8-12)20-3/h4-8,10,17-18H,9,11H2,1-3H3. The van der Waals surface area contributed by atoms with E-state index in [1.165, 1.54) is 0 Å². The Morgan fingerprint density at radius 1 is 1.19 bits per heavy atom. The maximum Gasteiger partial charge on any atom is 0.161 e. The van der Waals surface area contributed by atoms with Gasteiger partial charge in [-0.1, -0.05) is 6.07 Å². The van der Waals surface area contributed by atoms with Crippen molar-refractivity contribution in [3.05, 3.63) is 46.2 Å². The number of ether oxygens (including phenoxy) is 2. The number of nitrogens with one attached hydrogen (secondary N) is 1. The molecule has 1 aromatic carbocycles. The highest BCUT2D eigenvalue weighted by Gasteiger charge is 2.22. The van der Waals surface area contributed by atoms with E-state index in [-0.39, 0.29) is 0 Å². The summed E-state index contributed by atoms with van der Waals surface area (Å²) in [6.45, 7) is 2.95. The topological polar surface area (TPSA) is 50.7 Å². The van der Waals surface area contributed by atoms with Gasteiger partial charge in [0.05, 0.1) is 19.8 Å². The van der Waals surface area contributed by atoms with Crippen molar-refractivity contribution in [1.82, 2.24) is 5.32 Å². The van der Waals surface area contributed by atoms with Gasteiger partial charge in [-0.2, -0.15) is 11.3 Å². The molecule has 0 aliphatic rings. The molecular weight excluding hydrogens is 286 g/mol. The first kappa shape index (κ1) is 15.8. The third-order valence-corrected chi connectivity index (χ3v) is 4.07. The first-order valence-corrected chi connectivity index (χ1v) is 7.68. The fraction of sp³-hybridized carbons (Fsp3) is 0.375. The van der Waals surface area contributed by atoms with Gasteiger partial charge in [0, 0.05) is 13.1 Å². The highest BCUT2D eigenvalue weighted by molar-refractivity contribution is 7.08. The van der Waals surface area contributed by atoms with Gasteiger partial charge in [-0.3, -0.25) is 0 Å². The van der Waals surface area contributed by atoms with Gasteiger partial charge in [0.25, 0.3) is 0 Å². The number of rotatable bonds is 7. The van der Waals surface area contributed by atoms with Crippen LogP contribution in [0.2, 0.25) is 0 Å². The summed E-state index contributed by atoms with van der Waals surface area (Å²) in [7, 11) is 3.24. The molecule has 114 valence electrons. The largest absolute Gasteiger partial charge is 0.493 e. The summed E-state index contributed by atoms with van der Waals surface area (Å²) in [5.74, 6) is 1.42. The normalized spacial score (nSPS) is 13.7. The zero-order chi connectivity index (χ0) is 15.3. The molecule has 2 N–H and O–H groups in total. The lowest BCUT2D eigenvalue weighted by atomic mass is 9.99. The molecule has 2 rings (SSSR count).